The van der Waals surface area contributed by atoms with E-state index in [-0.39, 0.29) is 43.9 Å². The molecule has 3 aromatic carbocycles. The Morgan fingerprint density at radius 1 is 0.776 bits per heavy atom. The van der Waals surface area contributed by atoms with E-state index in [9.17, 15) is 37.5 Å². The molecule has 2 aliphatic heterocycles. The Bertz CT molecular complexity index is 2090. The van der Waals surface area contributed by atoms with Crippen molar-refractivity contribution in [3.8, 4) is 5.75 Å². The summed E-state index contributed by atoms with van der Waals surface area (Å²) in [7, 11) is 0. The van der Waals surface area contributed by atoms with Gasteiger partial charge in [0.25, 0.3) is 11.8 Å². The molecule has 254 valence electrons. The molecule has 2 aliphatic carbocycles. The van der Waals surface area contributed by atoms with Gasteiger partial charge in [0.2, 0.25) is 17.6 Å². The van der Waals surface area contributed by atoms with Crippen molar-refractivity contribution in [2.75, 3.05) is 9.80 Å². The van der Waals surface area contributed by atoms with Crippen LogP contribution in [0.5, 0.6) is 5.75 Å². The lowest BCUT2D eigenvalue weighted by atomic mass is 9.56. The summed E-state index contributed by atoms with van der Waals surface area (Å²) < 4.78 is 73.1. The van der Waals surface area contributed by atoms with Crippen molar-refractivity contribution < 1.29 is 46.2 Å². The third-order valence-corrected chi connectivity index (χ3v) is 12.1. The zero-order valence-electron chi connectivity index (χ0n) is 24.6. The number of rotatable bonds is 3. The molecule has 0 bridgehead atoms. The van der Waals surface area contributed by atoms with E-state index in [4.69, 9.17) is 46.4 Å². The van der Waals surface area contributed by atoms with Crippen LogP contribution in [0.25, 0.3) is 0 Å². The molecular formula is C33H19Cl4F5N2O5. The van der Waals surface area contributed by atoms with Gasteiger partial charge >= 0.3 is 0 Å². The second kappa shape index (κ2) is 11.1. The highest BCUT2D eigenvalue weighted by Crippen LogP contribution is 2.66. The summed E-state index contributed by atoms with van der Waals surface area (Å²) in [6, 6.07) is 8.07. The van der Waals surface area contributed by atoms with Gasteiger partial charge in [-0.1, -0.05) is 47.0 Å². The van der Waals surface area contributed by atoms with Crippen molar-refractivity contribution in [2.45, 2.75) is 35.4 Å². The van der Waals surface area contributed by atoms with Gasteiger partial charge in [0, 0.05) is 16.0 Å². The van der Waals surface area contributed by atoms with Crippen LogP contribution in [-0.2, 0) is 19.2 Å². The fourth-order valence-corrected chi connectivity index (χ4v) is 9.02. The van der Waals surface area contributed by atoms with Gasteiger partial charge in [0.05, 0.1) is 17.5 Å². The SMILES string of the molecule is Cc1ccc(N2C(=O)C3CC=C4C(CC5(Cl)C(=O)N(c6c(F)c(F)c(F)c(F)c6F)C(=O)C5(Cl)C4c4ccc(O)cc4Cl)C3C2=O)cc1Cl. The zero-order chi connectivity index (χ0) is 35.6. The monoisotopic (exact) mass is 758 g/mol. The number of aryl methyl sites for hydroxylation is 1. The van der Waals surface area contributed by atoms with Gasteiger partial charge in [-0.15, -0.1) is 23.2 Å². The van der Waals surface area contributed by atoms with E-state index in [1.54, 1.807) is 13.0 Å². The van der Waals surface area contributed by atoms with Crippen LogP contribution in [0.4, 0.5) is 33.3 Å². The maximum absolute atomic E-state index is 15.2. The number of aromatic hydroxyl groups is 1. The highest BCUT2D eigenvalue weighted by Gasteiger charge is 2.77. The summed E-state index contributed by atoms with van der Waals surface area (Å²) in [5, 5.41) is 10.2. The van der Waals surface area contributed by atoms with Crippen LogP contribution < -0.4 is 9.80 Å². The summed E-state index contributed by atoms with van der Waals surface area (Å²) in [6.45, 7) is 1.72. The number of phenolic OH excluding ortho intramolecular Hbond substituents is 1. The molecule has 6 unspecified atom stereocenters. The van der Waals surface area contributed by atoms with Gasteiger partial charge < -0.3 is 5.11 Å². The van der Waals surface area contributed by atoms with Crippen LogP contribution in [0.3, 0.4) is 0 Å². The van der Waals surface area contributed by atoms with Crippen LogP contribution >= 0.6 is 46.4 Å². The fraction of sp³-hybridized carbons (Fsp3) is 0.273. The summed E-state index contributed by atoms with van der Waals surface area (Å²) in [6.07, 6.45) is 0.806. The first kappa shape index (κ1) is 33.8. The molecule has 7 nitrogen and oxygen atoms in total. The number of carbonyl (C=O) groups is 4. The first-order valence-corrected chi connectivity index (χ1v) is 16.1. The molecule has 4 aliphatic rings. The molecule has 0 spiro atoms. The normalized spacial score (nSPS) is 29.3. The molecule has 3 fully saturated rings. The van der Waals surface area contributed by atoms with E-state index in [0.717, 1.165) is 11.0 Å². The van der Waals surface area contributed by atoms with Crippen molar-refractivity contribution in [1.82, 2.24) is 0 Å². The summed E-state index contributed by atoms with van der Waals surface area (Å²) in [5.41, 5.74) is -0.844. The average molecular weight is 760 g/mol. The van der Waals surface area contributed by atoms with Crippen molar-refractivity contribution >= 4 is 81.4 Å². The van der Waals surface area contributed by atoms with Gasteiger partial charge in [-0.05, 0) is 61.1 Å². The van der Waals surface area contributed by atoms with Crippen LogP contribution in [0, 0.1) is 53.8 Å². The second-order valence-corrected chi connectivity index (χ2v) is 14.4. The van der Waals surface area contributed by atoms with Crippen molar-refractivity contribution in [3.05, 3.63) is 98.3 Å². The zero-order valence-corrected chi connectivity index (χ0v) is 27.7. The number of hydrogen-bond acceptors (Lipinski definition) is 5. The van der Waals surface area contributed by atoms with Crippen molar-refractivity contribution in [1.29, 1.82) is 0 Å². The Kier molecular flexibility index (Phi) is 7.68. The number of imide groups is 2. The van der Waals surface area contributed by atoms with E-state index in [0.29, 0.717) is 5.56 Å². The molecule has 0 radical (unpaired) electrons. The van der Waals surface area contributed by atoms with E-state index < -0.39 is 98.2 Å². The topological polar surface area (TPSA) is 95.0 Å². The maximum Gasteiger partial charge on any atom is 0.258 e. The minimum Gasteiger partial charge on any atom is -0.508 e. The quantitative estimate of drug-likeness (QED) is 0.0747. The maximum atomic E-state index is 15.2. The van der Waals surface area contributed by atoms with Crippen LogP contribution in [0.2, 0.25) is 10.0 Å². The summed E-state index contributed by atoms with van der Waals surface area (Å²) in [5.74, 6) is -22.1. The molecule has 1 saturated carbocycles. The van der Waals surface area contributed by atoms with Gasteiger partial charge in [-0.25, -0.2) is 31.8 Å². The summed E-state index contributed by atoms with van der Waals surface area (Å²) >= 11 is 27.0. The van der Waals surface area contributed by atoms with Crippen molar-refractivity contribution in [3.63, 3.8) is 0 Å². The third-order valence-electron chi connectivity index (χ3n) is 9.93. The van der Waals surface area contributed by atoms with E-state index in [1.807, 2.05) is 0 Å². The molecule has 49 heavy (non-hydrogen) atoms. The Morgan fingerprint density at radius 3 is 2.02 bits per heavy atom. The smallest absolute Gasteiger partial charge is 0.258 e. The molecule has 2 heterocycles. The second-order valence-electron chi connectivity index (χ2n) is 12.3. The number of carbonyl (C=O) groups excluding carboxylic acids is 4. The molecule has 7 rings (SSSR count). The van der Waals surface area contributed by atoms with E-state index in [2.05, 4.69) is 0 Å². The number of benzene rings is 3. The highest BCUT2D eigenvalue weighted by molar-refractivity contribution is 6.58. The first-order valence-electron chi connectivity index (χ1n) is 14.6. The fourth-order valence-electron chi connectivity index (χ4n) is 7.64. The molecule has 1 N–H and O–H groups in total. The van der Waals surface area contributed by atoms with E-state index in [1.165, 1.54) is 30.3 Å². The van der Waals surface area contributed by atoms with Crippen LogP contribution in [0.15, 0.2) is 48.0 Å². The molecule has 16 heteroatoms. The molecule has 4 amide bonds. The molecule has 6 atom stereocenters. The summed E-state index contributed by atoms with van der Waals surface area (Å²) in [4.78, 5) is 51.7. The van der Waals surface area contributed by atoms with Gasteiger partial charge in [-0.2, -0.15) is 0 Å². The number of halogens is 9. The van der Waals surface area contributed by atoms with Gasteiger partial charge in [-0.3, -0.25) is 19.2 Å². The standard InChI is InChI=1S/C33H19Cl4F5N2O5/c1-11-2-3-12(8-18(11)34)43-28(46)16-7-6-14-17(20(16)29(43)47)10-32(36)30(48)44(27-25(41)23(39)22(38)24(40)26(27)42)31(49)33(32,37)21(14)15-5-4-13(45)9-19(15)35/h2-6,8-9,16-17,20-21,45H,7,10H2,1H3. The largest absolute Gasteiger partial charge is 0.508 e. The number of fused-ring (bicyclic) bond motifs is 4. The molecular weight excluding hydrogens is 741 g/mol. The van der Waals surface area contributed by atoms with E-state index >= 15 is 8.78 Å². The van der Waals surface area contributed by atoms with Crippen LogP contribution in [0.1, 0.15) is 29.9 Å². The first-order chi connectivity index (χ1) is 23.0. The number of anilines is 2. The molecule has 0 aromatic heterocycles. The van der Waals surface area contributed by atoms with Gasteiger partial charge in [0.15, 0.2) is 33.0 Å². The third kappa shape index (κ3) is 4.33. The minimum atomic E-state index is -2.74. The Hall–Kier alpha value is -3.71. The number of hydrogen-bond donors (Lipinski definition) is 1. The predicted octanol–water partition coefficient (Wildman–Crippen LogP) is 7.47. The predicted molar refractivity (Wildman–Crippen MR) is 168 cm³/mol. The minimum absolute atomic E-state index is 0.0201. The lowest BCUT2D eigenvalue weighted by Gasteiger charge is -2.50. The highest BCUT2D eigenvalue weighted by atomic mass is 35.5. The number of nitrogens with zero attached hydrogens (tertiary/aromatic N) is 2. The number of allylic oxidation sites excluding steroid dienone is 2. The van der Waals surface area contributed by atoms with Crippen molar-refractivity contribution in [2.24, 2.45) is 17.8 Å². The Balaban J connectivity index is 1.43. The number of phenols is 1. The van der Waals surface area contributed by atoms with Crippen LogP contribution in [-0.4, -0.2) is 38.5 Å². The molecule has 2 saturated heterocycles. The van der Waals surface area contributed by atoms with Gasteiger partial charge in [0.1, 0.15) is 11.4 Å². The lowest BCUT2D eigenvalue weighted by Crippen LogP contribution is -2.60. The number of alkyl halides is 2. The number of amides is 4. The average Bonchev–Trinajstić information content (AvgIpc) is 3.39. The lowest BCUT2D eigenvalue weighted by molar-refractivity contribution is -0.125. The Labute approximate surface area is 293 Å². The molecule has 3 aromatic rings. The Morgan fingerprint density at radius 2 is 1.41 bits per heavy atom.